The minimum atomic E-state index is 0.869. The molecule has 0 saturated heterocycles. The molecule has 0 fully saturated rings. The van der Waals surface area contributed by atoms with Crippen molar-refractivity contribution in [1.29, 1.82) is 0 Å². The van der Waals surface area contributed by atoms with Gasteiger partial charge >= 0.3 is 0 Å². The Kier molecular flexibility index (Phi) is 8.04. The molecule has 0 saturated carbocycles. The first kappa shape index (κ1) is 33.2. The molecule has 0 unspecified atom stereocenters. The van der Waals surface area contributed by atoms with Crippen molar-refractivity contribution in [2.75, 3.05) is 4.90 Å². The molecule has 11 rings (SSSR count). The van der Waals surface area contributed by atoms with Crippen LogP contribution in [0.2, 0.25) is 0 Å². The van der Waals surface area contributed by atoms with E-state index in [1.165, 1.54) is 42.4 Å². The van der Waals surface area contributed by atoms with E-state index in [1.807, 2.05) is 11.3 Å². The van der Waals surface area contributed by atoms with Gasteiger partial charge in [-0.3, -0.25) is 0 Å². The summed E-state index contributed by atoms with van der Waals surface area (Å²) in [6.07, 6.45) is 0. The fraction of sp³-hybridized carbons (Fsp3) is 0. The average molecular weight is 746 g/mol. The van der Waals surface area contributed by atoms with E-state index in [4.69, 9.17) is 4.42 Å². The van der Waals surface area contributed by atoms with E-state index in [-0.39, 0.29) is 0 Å². The lowest BCUT2D eigenvalue weighted by Gasteiger charge is -2.30. The lowest BCUT2D eigenvalue weighted by molar-refractivity contribution is 0.670. The molecular formula is C54H35NOS. The fourth-order valence-corrected chi connectivity index (χ4v) is 9.64. The van der Waals surface area contributed by atoms with Gasteiger partial charge in [-0.2, -0.15) is 0 Å². The molecule has 0 N–H and O–H groups in total. The van der Waals surface area contributed by atoms with Gasteiger partial charge in [0.2, 0.25) is 0 Å². The van der Waals surface area contributed by atoms with Crippen molar-refractivity contribution >= 4 is 70.5 Å². The Morgan fingerprint density at radius 3 is 1.61 bits per heavy atom. The molecule has 0 aliphatic carbocycles. The highest BCUT2D eigenvalue weighted by molar-refractivity contribution is 7.26. The van der Waals surface area contributed by atoms with Gasteiger partial charge in [0.1, 0.15) is 11.2 Å². The van der Waals surface area contributed by atoms with Crippen molar-refractivity contribution in [3.05, 3.63) is 212 Å². The molecule has 57 heavy (non-hydrogen) atoms. The molecule has 268 valence electrons. The number of benzene rings is 9. The zero-order chi connectivity index (χ0) is 37.7. The number of hydrogen-bond donors (Lipinski definition) is 0. The standard InChI is InChI=1S/C54H35NOS/c1-5-16-36(17-6-1)40-29-32-47(46(34-40)39-22-11-4-12-23-39)55(48-33-31-42(38-20-9-3-10-21-38)53-52(48)45-24-13-14-27-50(45)56-53)49-26-15-25-44-43-30-28-41(35-51(43)57-54(44)49)37-18-7-2-8-19-37/h1-35H. The van der Waals surface area contributed by atoms with Gasteiger partial charge in [0, 0.05) is 32.0 Å². The van der Waals surface area contributed by atoms with Crippen molar-refractivity contribution < 1.29 is 4.42 Å². The highest BCUT2D eigenvalue weighted by Gasteiger charge is 2.26. The summed E-state index contributed by atoms with van der Waals surface area (Å²) in [5, 5.41) is 4.68. The zero-order valence-electron chi connectivity index (χ0n) is 31.0. The Morgan fingerprint density at radius 1 is 0.351 bits per heavy atom. The summed E-state index contributed by atoms with van der Waals surface area (Å²) in [4.78, 5) is 2.49. The van der Waals surface area contributed by atoms with Gasteiger partial charge in [-0.15, -0.1) is 11.3 Å². The SMILES string of the molecule is c1ccc(-c2ccc(N(c3cccc4c3sc3cc(-c5ccccc5)ccc34)c3ccc(-c4ccccc4)c4oc5ccccc5c34)c(-c3ccccc3)c2)cc1. The topological polar surface area (TPSA) is 16.4 Å². The Balaban J connectivity index is 1.24. The summed E-state index contributed by atoms with van der Waals surface area (Å²) in [5.41, 5.74) is 14.3. The van der Waals surface area contributed by atoms with Crippen LogP contribution >= 0.6 is 11.3 Å². The quantitative estimate of drug-likeness (QED) is 0.162. The summed E-state index contributed by atoms with van der Waals surface area (Å²) in [5.74, 6) is 0. The predicted octanol–water partition coefficient (Wildman–Crippen LogP) is 16.1. The van der Waals surface area contributed by atoms with Gasteiger partial charge in [-0.05, 0) is 75.8 Å². The van der Waals surface area contributed by atoms with Crippen LogP contribution in [0.3, 0.4) is 0 Å². The molecule has 3 heteroatoms. The van der Waals surface area contributed by atoms with Crippen molar-refractivity contribution in [1.82, 2.24) is 0 Å². The average Bonchev–Trinajstić information content (AvgIpc) is 3.87. The first-order valence-corrected chi connectivity index (χ1v) is 20.2. The maximum atomic E-state index is 6.86. The number of thiophene rings is 1. The second kappa shape index (κ2) is 13.8. The second-order valence-electron chi connectivity index (χ2n) is 14.4. The van der Waals surface area contributed by atoms with Crippen molar-refractivity contribution in [2.24, 2.45) is 0 Å². The van der Waals surface area contributed by atoms with E-state index in [0.29, 0.717) is 0 Å². The smallest absolute Gasteiger partial charge is 0.145 e. The van der Waals surface area contributed by atoms with Crippen molar-refractivity contribution in [2.45, 2.75) is 0 Å². The molecular weight excluding hydrogens is 711 g/mol. The van der Waals surface area contributed by atoms with Crippen LogP contribution in [0.1, 0.15) is 0 Å². The summed E-state index contributed by atoms with van der Waals surface area (Å²) < 4.78 is 9.36. The molecule has 0 spiro atoms. The van der Waals surface area contributed by atoms with Crippen molar-refractivity contribution in [3.8, 4) is 44.5 Å². The van der Waals surface area contributed by atoms with Crippen LogP contribution < -0.4 is 4.90 Å². The molecule has 2 heterocycles. The lowest BCUT2D eigenvalue weighted by Crippen LogP contribution is -2.12. The molecule has 2 nitrogen and oxygen atoms in total. The molecule has 0 atom stereocenters. The summed E-state index contributed by atoms with van der Waals surface area (Å²) in [6.45, 7) is 0. The molecule has 0 aliphatic rings. The van der Waals surface area contributed by atoms with Crippen LogP contribution in [0, 0.1) is 0 Å². The Bertz CT molecular complexity index is 3220. The van der Waals surface area contributed by atoms with Gasteiger partial charge in [-0.1, -0.05) is 170 Å². The third-order valence-corrected chi connectivity index (χ3v) is 12.3. The third-order valence-electron chi connectivity index (χ3n) is 11.1. The van der Waals surface area contributed by atoms with Gasteiger partial charge in [0.15, 0.2) is 0 Å². The molecule has 2 aromatic heterocycles. The van der Waals surface area contributed by atoms with Crippen LogP contribution in [0.4, 0.5) is 17.1 Å². The van der Waals surface area contributed by atoms with E-state index in [0.717, 1.165) is 61.3 Å². The lowest BCUT2D eigenvalue weighted by atomic mass is 9.95. The molecule has 0 aliphatic heterocycles. The fourth-order valence-electron chi connectivity index (χ4n) is 8.39. The molecule has 0 bridgehead atoms. The molecule has 11 aromatic rings. The van der Waals surface area contributed by atoms with Gasteiger partial charge < -0.3 is 9.32 Å². The maximum absolute atomic E-state index is 6.86. The normalized spacial score (nSPS) is 11.5. The van der Waals surface area contributed by atoms with Gasteiger partial charge in [-0.25, -0.2) is 0 Å². The molecule has 0 radical (unpaired) electrons. The zero-order valence-corrected chi connectivity index (χ0v) is 31.8. The number of hydrogen-bond acceptors (Lipinski definition) is 3. The van der Waals surface area contributed by atoms with Crippen LogP contribution in [-0.2, 0) is 0 Å². The van der Waals surface area contributed by atoms with E-state index < -0.39 is 0 Å². The van der Waals surface area contributed by atoms with Crippen LogP contribution in [-0.4, -0.2) is 0 Å². The number of furan rings is 1. The molecule has 0 amide bonds. The third kappa shape index (κ3) is 5.71. The van der Waals surface area contributed by atoms with Gasteiger partial charge in [0.25, 0.3) is 0 Å². The number of anilines is 3. The number of para-hydroxylation sites is 1. The van der Waals surface area contributed by atoms with E-state index >= 15 is 0 Å². The number of fused-ring (bicyclic) bond motifs is 6. The number of nitrogens with zero attached hydrogens (tertiary/aromatic N) is 1. The summed E-state index contributed by atoms with van der Waals surface area (Å²) >= 11 is 1.86. The van der Waals surface area contributed by atoms with Gasteiger partial charge in [0.05, 0.1) is 27.1 Å². The minimum Gasteiger partial charge on any atom is -0.455 e. The van der Waals surface area contributed by atoms with Crippen molar-refractivity contribution in [3.63, 3.8) is 0 Å². The van der Waals surface area contributed by atoms with E-state index in [2.05, 4.69) is 217 Å². The second-order valence-corrected chi connectivity index (χ2v) is 15.5. The van der Waals surface area contributed by atoms with Crippen LogP contribution in [0.15, 0.2) is 217 Å². The van der Waals surface area contributed by atoms with Crippen LogP contribution in [0.25, 0.3) is 86.6 Å². The van der Waals surface area contributed by atoms with E-state index in [1.54, 1.807) is 0 Å². The van der Waals surface area contributed by atoms with Crippen LogP contribution in [0.5, 0.6) is 0 Å². The highest BCUT2D eigenvalue weighted by atomic mass is 32.1. The van der Waals surface area contributed by atoms with E-state index in [9.17, 15) is 0 Å². The first-order valence-electron chi connectivity index (χ1n) is 19.3. The number of rotatable bonds is 7. The Labute approximate surface area is 335 Å². The first-order chi connectivity index (χ1) is 28.3. The largest absolute Gasteiger partial charge is 0.455 e. The minimum absolute atomic E-state index is 0.869. The predicted molar refractivity (Wildman–Crippen MR) is 243 cm³/mol. The Morgan fingerprint density at radius 2 is 0.912 bits per heavy atom. The summed E-state index contributed by atoms with van der Waals surface area (Å²) in [6, 6.07) is 76.3. The Hall–Kier alpha value is -7.20. The molecule has 9 aromatic carbocycles. The monoisotopic (exact) mass is 745 g/mol. The summed E-state index contributed by atoms with van der Waals surface area (Å²) in [7, 11) is 0. The highest BCUT2D eigenvalue weighted by Crippen LogP contribution is 2.52. The maximum Gasteiger partial charge on any atom is 0.145 e.